The highest BCUT2D eigenvalue weighted by Gasteiger charge is 2.00. The number of carbonyl (C=O) groups is 1. The third-order valence-electron chi connectivity index (χ3n) is 2.61. The number of nitrogens with two attached hydrogens (primary N) is 1. The van der Waals surface area contributed by atoms with Crippen molar-refractivity contribution in [1.29, 1.82) is 0 Å². The lowest BCUT2D eigenvalue weighted by molar-refractivity contribution is 0.0697. The maximum atomic E-state index is 10.4. The predicted octanol–water partition coefficient (Wildman–Crippen LogP) is 2.58. The molecular formula is C16H19NO3. The van der Waals surface area contributed by atoms with Gasteiger partial charge in [0.05, 0.1) is 12.7 Å². The monoisotopic (exact) mass is 273 g/mol. The van der Waals surface area contributed by atoms with Crippen LogP contribution in [0.5, 0.6) is 5.75 Å². The van der Waals surface area contributed by atoms with E-state index in [1.807, 2.05) is 18.2 Å². The lowest BCUT2D eigenvalue weighted by atomic mass is 10.2. The van der Waals surface area contributed by atoms with Crippen molar-refractivity contribution >= 4 is 5.97 Å². The van der Waals surface area contributed by atoms with Crippen LogP contribution in [0.15, 0.2) is 54.6 Å². The normalized spacial score (nSPS) is 9.30. The quantitative estimate of drug-likeness (QED) is 0.898. The topological polar surface area (TPSA) is 72.5 Å². The second-order valence-electron chi connectivity index (χ2n) is 4.06. The Morgan fingerprint density at radius 1 is 1.10 bits per heavy atom. The Morgan fingerprint density at radius 2 is 1.70 bits per heavy atom. The van der Waals surface area contributed by atoms with Crippen LogP contribution in [-0.4, -0.2) is 24.7 Å². The summed E-state index contributed by atoms with van der Waals surface area (Å²) in [5.74, 6) is -0.261. The molecule has 0 aromatic heterocycles. The molecule has 4 heteroatoms. The first kappa shape index (κ1) is 15.7. The molecule has 2 aromatic carbocycles. The van der Waals surface area contributed by atoms with Crippen molar-refractivity contribution in [2.24, 2.45) is 5.73 Å². The van der Waals surface area contributed by atoms with E-state index in [0.29, 0.717) is 5.75 Å². The van der Waals surface area contributed by atoms with Gasteiger partial charge in [0.25, 0.3) is 0 Å². The minimum atomic E-state index is -0.923. The van der Waals surface area contributed by atoms with Crippen LogP contribution in [0.1, 0.15) is 15.9 Å². The van der Waals surface area contributed by atoms with Gasteiger partial charge in [-0.2, -0.15) is 0 Å². The van der Waals surface area contributed by atoms with Gasteiger partial charge in [-0.3, -0.25) is 0 Å². The Kier molecular flexibility index (Phi) is 6.85. The van der Waals surface area contributed by atoms with E-state index in [4.69, 9.17) is 15.6 Å². The van der Waals surface area contributed by atoms with Crippen LogP contribution in [0.25, 0.3) is 0 Å². The van der Waals surface area contributed by atoms with Crippen molar-refractivity contribution in [3.05, 3.63) is 65.7 Å². The lowest BCUT2D eigenvalue weighted by Gasteiger charge is -1.98. The van der Waals surface area contributed by atoms with Gasteiger partial charge in [-0.15, -0.1) is 0 Å². The van der Waals surface area contributed by atoms with Crippen LogP contribution >= 0.6 is 0 Å². The Bertz CT molecular complexity index is 509. The number of hydrogen-bond donors (Lipinski definition) is 2. The highest BCUT2D eigenvalue weighted by molar-refractivity contribution is 5.87. The van der Waals surface area contributed by atoms with Gasteiger partial charge in [-0.05, 0) is 42.8 Å². The molecule has 2 aromatic rings. The largest absolute Gasteiger partial charge is 0.497 e. The first-order valence-electron chi connectivity index (χ1n) is 6.28. The van der Waals surface area contributed by atoms with Gasteiger partial charge in [-0.25, -0.2) is 4.79 Å². The van der Waals surface area contributed by atoms with Crippen LogP contribution < -0.4 is 10.5 Å². The summed E-state index contributed by atoms with van der Waals surface area (Å²) in [6.07, 6.45) is 0.987. The Labute approximate surface area is 118 Å². The van der Waals surface area contributed by atoms with Gasteiger partial charge >= 0.3 is 5.97 Å². The maximum Gasteiger partial charge on any atom is 0.335 e. The van der Waals surface area contributed by atoms with Gasteiger partial charge in [-0.1, -0.05) is 30.3 Å². The van der Waals surface area contributed by atoms with E-state index in [0.717, 1.165) is 13.0 Å². The maximum absolute atomic E-state index is 10.4. The summed E-state index contributed by atoms with van der Waals surface area (Å²) in [6.45, 7) is 0.740. The van der Waals surface area contributed by atoms with Crippen LogP contribution in [0, 0.1) is 0 Å². The number of rotatable bonds is 4. The number of aromatic carboxylic acids is 1. The number of methoxy groups -OCH3 is 1. The van der Waals surface area contributed by atoms with Crippen molar-refractivity contribution < 1.29 is 14.6 Å². The first-order valence-corrected chi connectivity index (χ1v) is 6.28. The number of carboxylic acids is 1. The molecule has 0 unspecified atom stereocenters. The molecule has 106 valence electrons. The number of benzene rings is 2. The Hall–Kier alpha value is -2.33. The molecule has 0 aliphatic rings. The van der Waals surface area contributed by atoms with Gasteiger partial charge < -0.3 is 15.6 Å². The van der Waals surface area contributed by atoms with Crippen molar-refractivity contribution in [2.45, 2.75) is 6.42 Å². The zero-order valence-corrected chi connectivity index (χ0v) is 11.5. The fourth-order valence-corrected chi connectivity index (χ4v) is 1.54. The first-order chi connectivity index (χ1) is 9.67. The number of hydrogen-bond acceptors (Lipinski definition) is 3. The molecule has 3 N–H and O–H groups in total. The summed E-state index contributed by atoms with van der Waals surface area (Å²) in [7, 11) is 1.54. The SMILES string of the molecule is COc1ccc(C(=O)O)cc1.NCCc1ccccc1. The highest BCUT2D eigenvalue weighted by atomic mass is 16.5. The van der Waals surface area contributed by atoms with Crippen molar-refractivity contribution in [3.8, 4) is 5.75 Å². The molecule has 0 saturated carbocycles. The molecule has 4 nitrogen and oxygen atoms in total. The minimum Gasteiger partial charge on any atom is -0.497 e. The molecule has 0 bridgehead atoms. The molecule has 0 atom stereocenters. The Balaban J connectivity index is 0.000000204. The number of carboxylic acid groups (broad SMARTS) is 1. The molecule has 0 saturated heterocycles. The molecular weight excluding hydrogens is 254 g/mol. The second kappa shape index (κ2) is 8.72. The zero-order chi connectivity index (χ0) is 14.8. The number of ether oxygens (including phenoxy) is 1. The van der Waals surface area contributed by atoms with E-state index in [-0.39, 0.29) is 5.56 Å². The van der Waals surface area contributed by atoms with Gasteiger partial charge in [0, 0.05) is 0 Å². The molecule has 0 fully saturated rings. The highest BCUT2D eigenvalue weighted by Crippen LogP contribution is 2.10. The smallest absolute Gasteiger partial charge is 0.335 e. The Morgan fingerprint density at radius 3 is 2.15 bits per heavy atom. The fraction of sp³-hybridized carbons (Fsp3) is 0.188. The third-order valence-corrected chi connectivity index (χ3v) is 2.61. The van der Waals surface area contributed by atoms with E-state index in [2.05, 4.69) is 12.1 Å². The molecule has 0 heterocycles. The standard InChI is InChI=1S/C8H11N.C8H8O3/c9-7-6-8-4-2-1-3-5-8;1-11-7-4-2-6(3-5-7)8(9)10/h1-5H,6-7,9H2;2-5H,1H3,(H,9,10). The van der Waals surface area contributed by atoms with E-state index < -0.39 is 5.97 Å². The molecule has 2 rings (SSSR count). The fourth-order valence-electron chi connectivity index (χ4n) is 1.54. The van der Waals surface area contributed by atoms with Gasteiger partial charge in [0.15, 0.2) is 0 Å². The summed E-state index contributed by atoms with van der Waals surface area (Å²) >= 11 is 0. The third kappa shape index (κ3) is 5.54. The van der Waals surface area contributed by atoms with Gasteiger partial charge in [0.1, 0.15) is 5.75 Å². The van der Waals surface area contributed by atoms with E-state index in [1.165, 1.54) is 24.8 Å². The molecule has 0 radical (unpaired) electrons. The molecule has 0 amide bonds. The lowest BCUT2D eigenvalue weighted by Crippen LogP contribution is -2.01. The second-order valence-corrected chi connectivity index (χ2v) is 4.06. The molecule has 0 spiro atoms. The molecule has 0 aliphatic heterocycles. The summed E-state index contributed by atoms with van der Waals surface area (Å²) in [6, 6.07) is 16.5. The summed E-state index contributed by atoms with van der Waals surface area (Å²) < 4.78 is 4.86. The van der Waals surface area contributed by atoms with Crippen LogP contribution in [0.2, 0.25) is 0 Å². The minimum absolute atomic E-state index is 0.269. The van der Waals surface area contributed by atoms with Gasteiger partial charge in [0.2, 0.25) is 0 Å². The molecule has 20 heavy (non-hydrogen) atoms. The van der Waals surface area contributed by atoms with E-state index in [9.17, 15) is 4.79 Å². The van der Waals surface area contributed by atoms with E-state index in [1.54, 1.807) is 12.1 Å². The van der Waals surface area contributed by atoms with Crippen molar-refractivity contribution in [1.82, 2.24) is 0 Å². The summed E-state index contributed by atoms with van der Waals surface area (Å²) in [4.78, 5) is 10.4. The van der Waals surface area contributed by atoms with Crippen LogP contribution in [-0.2, 0) is 6.42 Å². The predicted molar refractivity (Wildman–Crippen MR) is 79.2 cm³/mol. The van der Waals surface area contributed by atoms with E-state index >= 15 is 0 Å². The van der Waals surface area contributed by atoms with Crippen molar-refractivity contribution in [3.63, 3.8) is 0 Å². The average Bonchev–Trinajstić information content (AvgIpc) is 2.49. The van der Waals surface area contributed by atoms with Crippen LogP contribution in [0.3, 0.4) is 0 Å². The molecule has 0 aliphatic carbocycles. The van der Waals surface area contributed by atoms with Crippen LogP contribution in [0.4, 0.5) is 0 Å². The van der Waals surface area contributed by atoms with Crippen molar-refractivity contribution in [2.75, 3.05) is 13.7 Å². The summed E-state index contributed by atoms with van der Waals surface area (Å²) in [5.41, 5.74) is 6.95. The zero-order valence-electron chi connectivity index (χ0n) is 11.5. The average molecular weight is 273 g/mol. The summed E-state index contributed by atoms with van der Waals surface area (Å²) in [5, 5.41) is 8.51.